The largest absolute Gasteiger partial charge is 0.394 e. The Bertz CT molecular complexity index is 5050. The number of nitrogens with two attached hydrogens (primary N) is 3. The molecule has 13 atom stereocenters. The van der Waals surface area contributed by atoms with Crippen LogP contribution >= 0.6 is 11.8 Å². The van der Waals surface area contributed by atoms with Gasteiger partial charge in [0.25, 0.3) is 0 Å². The number of thioether (sulfide) groups is 1. The van der Waals surface area contributed by atoms with Crippen LogP contribution in [0.3, 0.4) is 0 Å². The van der Waals surface area contributed by atoms with Crippen LogP contribution in [0.1, 0.15) is 134 Å². The second-order valence-corrected chi connectivity index (χ2v) is 34.6. The van der Waals surface area contributed by atoms with E-state index in [0.29, 0.717) is 69.9 Å². The Hall–Kier alpha value is -13.6. The van der Waals surface area contributed by atoms with E-state index in [1.807, 2.05) is 13.8 Å². The smallest absolute Gasteiger partial charge is 0.246 e. The van der Waals surface area contributed by atoms with Gasteiger partial charge in [0.2, 0.25) is 100 Å². The molecule has 0 spiro atoms. The maximum atomic E-state index is 15.7. The summed E-state index contributed by atoms with van der Waals surface area (Å²) < 4.78 is 0. The number of likely N-dealkylation sites (N-methyl/N-ethyl adjacent to an activating group) is 4. The van der Waals surface area contributed by atoms with E-state index in [9.17, 15) is 62.6 Å². The number of pyridine rings is 1. The van der Waals surface area contributed by atoms with Crippen molar-refractivity contribution in [2.45, 2.75) is 216 Å². The Kier molecular flexibility index (Phi) is 39.8. The predicted octanol–water partition coefficient (Wildman–Crippen LogP) is -2.74. The SMILES string of the molecule is CCCC[C@H]1C(=O)N(C)[C@@H](CCCC)C(=O)N[C@@H](CCCNC(=N)N)C(=O)N[C@H](C(=O)NCC(N)=O)CSCC(=O)N[C@@H](Cc2cccnc2)C(=O)N(C)[C@@H](C)C(=O)N[C@@H](CC(N)=O)C(=O)N2CCC[C@H]2C(=O)N[C@@H](Cc2cnc[nH]2)C(=O)N[C@@H](CC(C)C)C(=O)N(C)CC(=O)N[C@@H](Cc2c[nH]c3ccccc23)C(=O)N[C@@H](CO)C(=O)N[C@@H](Cc2c[nH]c3ccccc23)C(=O)N1C. The van der Waals surface area contributed by atoms with E-state index in [1.54, 1.807) is 86.9 Å². The number of aromatic nitrogens is 5. The number of aromatic amines is 3. The molecule has 8 rings (SSSR count). The highest BCUT2D eigenvalue weighted by Gasteiger charge is 2.44. The molecule has 0 saturated carbocycles. The van der Waals surface area contributed by atoms with Gasteiger partial charge in [-0.1, -0.05) is 95.8 Å². The van der Waals surface area contributed by atoms with Crippen molar-refractivity contribution >= 4 is 140 Å². The maximum Gasteiger partial charge on any atom is 0.246 e. The first-order chi connectivity index (χ1) is 62.9. The molecule has 0 radical (unpaired) electrons. The number of nitrogens with one attached hydrogen (secondary N) is 15. The second kappa shape index (κ2) is 50.6. The van der Waals surface area contributed by atoms with Crippen LogP contribution in [0.25, 0.3) is 21.8 Å². The first-order valence-corrected chi connectivity index (χ1v) is 45.2. The number of carbonyl (C=O) groups is 17. The molecule has 43 nitrogen and oxygen atoms in total. The number of aliphatic hydroxyl groups excluding tert-OH is 1. The van der Waals surface area contributed by atoms with Crippen molar-refractivity contribution in [1.29, 1.82) is 5.41 Å². The molecule has 6 aromatic rings. The third-order valence-corrected chi connectivity index (χ3v) is 24.1. The normalized spacial score (nSPS) is 23.5. The lowest BCUT2D eigenvalue weighted by atomic mass is 10.00. The quantitative estimate of drug-likeness (QED) is 0.0149. The molecule has 716 valence electrons. The summed E-state index contributed by atoms with van der Waals surface area (Å²) in [5.74, 6) is -17.3. The van der Waals surface area contributed by atoms with Crippen LogP contribution in [0, 0.1) is 11.3 Å². The number of H-pyrrole nitrogens is 3. The molecule has 0 bridgehead atoms. The molecule has 22 N–H and O–H groups in total. The van der Waals surface area contributed by atoms with E-state index in [1.165, 1.54) is 60.0 Å². The molecule has 4 aromatic heterocycles. The zero-order valence-corrected chi connectivity index (χ0v) is 76.6. The Labute approximate surface area is 768 Å². The molecule has 132 heavy (non-hydrogen) atoms. The van der Waals surface area contributed by atoms with Gasteiger partial charge in [-0.15, -0.1) is 11.8 Å². The molecule has 2 aliphatic rings. The lowest BCUT2D eigenvalue weighted by molar-refractivity contribution is -0.149. The summed E-state index contributed by atoms with van der Waals surface area (Å²) >= 11 is 0.783. The molecule has 2 aliphatic heterocycles. The fraction of sp³-hybridized carbons (Fsp3) is 0.523. The standard InChI is InChI=1S/C88H125N25O18S/c1-10-12-27-68-81(125)102-59(26-19-31-95-88(91)92)77(121)108-67(76(120)98-43-72(90)116)46-132-47-74(118)101-63(34-51-21-18-30-93-39-51)84(128)110(7)50(5)75(119)104-65(38-71(89)115)86(130)113-32-20-29-69(113)82(126)103-61(37-54-42-94-48-99-54)79(123)105-62(33-49(3)4)83(127)109(6)44-73(117)100-60(35-52-40-96-57-24-16-14-22-55(52)57)78(122)107-66(45-114)80(124)106-64(36-53-41-97-58-25-17-15-23-56(53)58)85(129)112(9)70(28-13-11-2)87(131)111(68)8/h14-18,21-25,30,39-42,48-50,59-70,96-97,114H,10-13,19-20,26-29,31-38,43-47H2,1-9H3,(H2,89,115)(H2,90,116)(H,94,99)(H,98,120)(H,100,117)(H,101,118)(H,102,125)(H,103,126)(H,104,119)(H,105,123)(H,106,124)(H,107,122)(H,108,121)(H4,91,92,95)/t50-,59-,60-,61-,62-,63-,64-,65-,66-,67-,68-,69-,70-/m0/s1. The number of amides is 17. The summed E-state index contributed by atoms with van der Waals surface area (Å²) in [5.41, 5.74) is 19.9. The first kappa shape index (κ1) is 104. The van der Waals surface area contributed by atoms with Gasteiger partial charge in [0, 0.05) is 131 Å². The summed E-state index contributed by atoms with van der Waals surface area (Å²) in [6.07, 6.45) is 8.79. The van der Waals surface area contributed by atoms with E-state index in [2.05, 4.69) is 83.4 Å². The van der Waals surface area contributed by atoms with E-state index in [4.69, 9.17) is 22.6 Å². The number of nitrogens with zero attached hydrogens (tertiary/aromatic N) is 7. The van der Waals surface area contributed by atoms with Gasteiger partial charge in [-0.3, -0.25) is 91.9 Å². The van der Waals surface area contributed by atoms with Gasteiger partial charge >= 0.3 is 0 Å². The van der Waals surface area contributed by atoms with Crippen molar-refractivity contribution in [3.8, 4) is 0 Å². The zero-order valence-electron chi connectivity index (χ0n) is 75.7. The molecule has 2 saturated heterocycles. The molecular formula is C88H125N25O18S. The highest BCUT2D eigenvalue weighted by molar-refractivity contribution is 8.00. The van der Waals surface area contributed by atoms with Crippen LogP contribution in [0.15, 0.2) is 98.0 Å². The lowest BCUT2D eigenvalue weighted by Crippen LogP contribution is -2.61. The van der Waals surface area contributed by atoms with Crippen LogP contribution < -0.4 is 75.7 Å². The Morgan fingerprint density at radius 2 is 1.11 bits per heavy atom. The minimum atomic E-state index is -1.85. The highest BCUT2D eigenvalue weighted by atomic mass is 32.2. The van der Waals surface area contributed by atoms with Gasteiger partial charge in [0.1, 0.15) is 78.5 Å². The summed E-state index contributed by atoms with van der Waals surface area (Å²) in [6.45, 7) is 5.89. The van der Waals surface area contributed by atoms with E-state index < -0.39 is 223 Å². The molecule has 2 fully saturated rings. The van der Waals surface area contributed by atoms with E-state index in [0.717, 1.165) is 36.3 Å². The first-order valence-electron chi connectivity index (χ1n) is 44.1. The number of unbranched alkanes of at least 4 members (excludes halogenated alkanes) is 2. The molecule has 44 heteroatoms. The van der Waals surface area contributed by atoms with Crippen LogP contribution in [-0.2, 0) is 107 Å². The van der Waals surface area contributed by atoms with Gasteiger partial charge in [0.05, 0.1) is 38.2 Å². The number of primary amides is 2. The number of carbonyl (C=O) groups excluding carboxylic acids is 17. The van der Waals surface area contributed by atoms with Gasteiger partial charge in [-0.05, 0) is 92.7 Å². The number of aliphatic hydroxyl groups is 1. The highest BCUT2D eigenvalue weighted by Crippen LogP contribution is 2.26. The monoisotopic (exact) mass is 1850 g/mol. The minimum absolute atomic E-state index is 0.00201. The molecule has 0 aliphatic carbocycles. The lowest BCUT2D eigenvalue weighted by Gasteiger charge is -2.36. The van der Waals surface area contributed by atoms with Gasteiger partial charge < -0.3 is 120 Å². The summed E-state index contributed by atoms with van der Waals surface area (Å²) in [7, 11) is 5.23. The molecule has 17 amide bonds. The van der Waals surface area contributed by atoms with Gasteiger partial charge in [-0.25, -0.2) is 4.98 Å². The summed E-state index contributed by atoms with van der Waals surface area (Å²) in [5, 5.41) is 49.3. The average molecular weight is 1850 g/mol. The van der Waals surface area contributed by atoms with Crippen LogP contribution in [0.4, 0.5) is 0 Å². The number of benzene rings is 2. The van der Waals surface area contributed by atoms with Crippen molar-refractivity contribution in [1.82, 2.24) is 108 Å². The predicted molar refractivity (Wildman–Crippen MR) is 487 cm³/mol. The Morgan fingerprint density at radius 1 is 0.545 bits per heavy atom. The number of rotatable bonds is 26. The van der Waals surface area contributed by atoms with Crippen LogP contribution in [0.5, 0.6) is 0 Å². The second-order valence-electron chi connectivity index (χ2n) is 33.5. The maximum absolute atomic E-state index is 15.7. The summed E-state index contributed by atoms with van der Waals surface area (Å²) in [4.78, 5) is 271. The fourth-order valence-electron chi connectivity index (χ4n) is 15.7. The fourth-order valence-corrected chi connectivity index (χ4v) is 16.6. The van der Waals surface area contributed by atoms with E-state index in [-0.39, 0.29) is 89.6 Å². The Balaban J connectivity index is 1.18. The van der Waals surface area contributed by atoms with E-state index >= 15 is 24.0 Å². The number of hydrogen-bond donors (Lipinski definition) is 19. The molecule has 0 unspecified atom stereocenters. The van der Waals surface area contributed by atoms with Gasteiger partial charge in [-0.2, -0.15) is 0 Å². The minimum Gasteiger partial charge on any atom is -0.394 e. The number of fused-ring (bicyclic) bond motifs is 3. The third kappa shape index (κ3) is 30.0. The average Bonchev–Trinajstić information content (AvgIpc) is 1.48. The van der Waals surface area contributed by atoms with Crippen molar-refractivity contribution < 1.29 is 86.6 Å². The van der Waals surface area contributed by atoms with Crippen molar-refractivity contribution in [3.05, 3.63) is 120 Å². The van der Waals surface area contributed by atoms with Crippen molar-refractivity contribution in [3.63, 3.8) is 0 Å². The Morgan fingerprint density at radius 3 is 1.70 bits per heavy atom. The molecular weight excluding hydrogens is 1730 g/mol. The van der Waals surface area contributed by atoms with Crippen molar-refractivity contribution in [2.75, 3.05) is 72.5 Å². The van der Waals surface area contributed by atoms with Crippen LogP contribution in [-0.4, -0.2) is 312 Å². The van der Waals surface area contributed by atoms with Crippen LogP contribution in [0.2, 0.25) is 0 Å². The third-order valence-electron chi connectivity index (χ3n) is 23.0. The topological polar surface area (TPSA) is 634 Å². The summed E-state index contributed by atoms with van der Waals surface area (Å²) in [6, 6.07) is -2.46. The van der Waals surface area contributed by atoms with Gasteiger partial charge in [0.15, 0.2) is 5.96 Å². The van der Waals surface area contributed by atoms with Crippen molar-refractivity contribution in [2.24, 2.45) is 23.1 Å². The zero-order chi connectivity index (χ0) is 96.6. The molecule has 6 heterocycles. The molecule has 2 aromatic carbocycles. The number of guanidine groups is 1. The number of para-hydroxylation sites is 2. The number of hydrogen-bond acceptors (Lipinski definition) is 22. The number of imidazole rings is 1.